The van der Waals surface area contributed by atoms with E-state index in [4.69, 9.17) is 5.73 Å². The molecule has 0 heterocycles. The van der Waals surface area contributed by atoms with Gasteiger partial charge < -0.3 is 10.5 Å². The minimum Gasteiger partial charge on any atom is -0.696 e. The highest BCUT2D eigenvalue weighted by molar-refractivity contribution is 5.55. The van der Waals surface area contributed by atoms with Gasteiger partial charge in [-0.2, -0.15) is 17.6 Å². The fraction of sp³-hybridized carbons (Fsp3) is 0.250. The third kappa shape index (κ3) is 2.27. The van der Waals surface area contributed by atoms with Crippen LogP contribution < -0.4 is 4.74 Å². The van der Waals surface area contributed by atoms with Gasteiger partial charge in [0.1, 0.15) is 5.75 Å². The molecule has 14 heavy (non-hydrogen) atoms. The summed E-state index contributed by atoms with van der Waals surface area (Å²) in [4.78, 5) is 0. The van der Waals surface area contributed by atoms with Crippen LogP contribution in [0.2, 0.25) is 0 Å². The molecule has 0 aliphatic carbocycles. The van der Waals surface area contributed by atoms with E-state index < -0.39 is 18.3 Å². The number of benzene rings is 1. The van der Waals surface area contributed by atoms with Crippen molar-refractivity contribution in [2.45, 2.75) is 12.5 Å². The van der Waals surface area contributed by atoms with Crippen molar-refractivity contribution in [1.82, 2.24) is 0 Å². The molecule has 78 valence electrons. The summed E-state index contributed by atoms with van der Waals surface area (Å²) in [5.41, 5.74) is 6.72. The van der Waals surface area contributed by atoms with Crippen LogP contribution in [0.3, 0.4) is 0 Å². The SMILES string of the molecule is [NH-]c1ccccc1OC(F)(F)C(F)F. The second-order valence-corrected chi connectivity index (χ2v) is 2.46. The second kappa shape index (κ2) is 3.73. The highest BCUT2D eigenvalue weighted by Crippen LogP contribution is 2.33. The molecule has 0 saturated carbocycles. The Kier molecular flexibility index (Phi) is 2.83. The second-order valence-electron chi connectivity index (χ2n) is 2.46. The lowest BCUT2D eigenvalue weighted by Crippen LogP contribution is -2.33. The largest absolute Gasteiger partial charge is 0.696 e. The molecule has 2 nitrogen and oxygen atoms in total. The Morgan fingerprint density at radius 2 is 1.79 bits per heavy atom. The number of hydrogen-bond donors (Lipinski definition) is 0. The van der Waals surface area contributed by atoms with Crippen LogP contribution in [0.1, 0.15) is 0 Å². The summed E-state index contributed by atoms with van der Waals surface area (Å²) in [5, 5.41) is 0. The maximum absolute atomic E-state index is 12.4. The zero-order chi connectivity index (χ0) is 10.8. The predicted octanol–water partition coefficient (Wildman–Crippen LogP) is 3.61. The molecule has 0 radical (unpaired) electrons. The van der Waals surface area contributed by atoms with Gasteiger partial charge in [0.05, 0.1) is 0 Å². The van der Waals surface area contributed by atoms with Crippen molar-refractivity contribution in [2.24, 2.45) is 0 Å². The van der Waals surface area contributed by atoms with Crippen molar-refractivity contribution in [2.75, 3.05) is 0 Å². The lowest BCUT2D eigenvalue weighted by atomic mass is 10.3. The van der Waals surface area contributed by atoms with E-state index in [0.29, 0.717) is 0 Å². The van der Waals surface area contributed by atoms with Crippen molar-refractivity contribution in [3.05, 3.63) is 30.0 Å². The van der Waals surface area contributed by atoms with E-state index in [1.54, 1.807) is 0 Å². The lowest BCUT2D eigenvalue weighted by molar-refractivity contribution is -0.252. The monoisotopic (exact) mass is 208 g/mol. The first-order valence-corrected chi connectivity index (χ1v) is 3.59. The van der Waals surface area contributed by atoms with Crippen LogP contribution in [0.4, 0.5) is 23.2 Å². The normalized spacial score (nSPS) is 11.8. The van der Waals surface area contributed by atoms with Gasteiger partial charge in [0, 0.05) is 0 Å². The topological polar surface area (TPSA) is 33.0 Å². The molecule has 0 aliphatic heterocycles. The third-order valence-corrected chi connectivity index (χ3v) is 1.39. The van der Waals surface area contributed by atoms with Crippen LogP contribution in [0.25, 0.3) is 5.73 Å². The molecule has 1 aromatic rings. The average Bonchev–Trinajstić information content (AvgIpc) is 2.08. The van der Waals surface area contributed by atoms with Crippen LogP contribution in [-0.4, -0.2) is 12.5 Å². The highest BCUT2D eigenvalue weighted by atomic mass is 19.3. The van der Waals surface area contributed by atoms with Gasteiger partial charge in [-0.05, 0) is 6.07 Å². The molecule has 1 rings (SSSR count). The first-order valence-electron chi connectivity index (χ1n) is 3.59. The quantitative estimate of drug-likeness (QED) is 0.698. The van der Waals surface area contributed by atoms with Crippen molar-refractivity contribution in [3.8, 4) is 5.75 Å². The fourth-order valence-electron chi connectivity index (χ4n) is 0.747. The van der Waals surface area contributed by atoms with Gasteiger partial charge in [-0.1, -0.05) is 23.9 Å². The van der Waals surface area contributed by atoms with Crippen molar-refractivity contribution in [3.63, 3.8) is 0 Å². The summed E-state index contributed by atoms with van der Waals surface area (Å²) < 4.78 is 51.8. The summed E-state index contributed by atoms with van der Waals surface area (Å²) >= 11 is 0. The molecule has 1 N–H and O–H groups in total. The first kappa shape index (κ1) is 10.6. The molecule has 0 spiro atoms. The zero-order valence-electron chi connectivity index (χ0n) is 6.81. The van der Waals surface area contributed by atoms with E-state index in [0.717, 1.165) is 12.1 Å². The molecule has 6 heteroatoms. The van der Waals surface area contributed by atoms with Crippen molar-refractivity contribution >= 4 is 5.69 Å². The van der Waals surface area contributed by atoms with Crippen LogP contribution in [-0.2, 0) is 0 Å². The number of ether oxygens (including phenoxy) is 1. The Labute approximate surface area is 77.3 Å². The molecule has 0 atom stereocenters. The smallest absolute Gasteiger partial charge is 0.461 e. The Bertz CT molecular complexity index is 316. The summed E-state index contributed by atoms with van der Waals surface area (Å²) in [5.74, 6) is -0.571. The van der Waals surface area contributed by atoms with Crippen LogP contribution in [0.5, 0.6) is 5.75 Å². The van der Waals surface area contributed by atoms with E-state index >= 15 is 0 Å². The minimum atomic E-state index is -4.56. The van der Waals surface area contributed by atoms with E-state index in [1.807, 2.05) is 0 Å². The lowest BCUT2D eigenvalue weighted by Gasteiger charge is -2.20. The van der Waals surface area contributed by atoms with Gasteiger partial charge in [0.2, 0.25) is 0 Å². The predicted molar refractivity (Wildman–Crippen MR) is 42.0 cm³/mol. The molecular weight excluding hydrogens is 202 g/mol. The Morgan fingerprint density at radius 3 is 2.29 bits per heavy atom. The number of rotatable bonds is 3. The molecule has 0 amide bonds. The molecule has 0 bridgehead atoms. The summed E-state index contributed by atoms with van der Waals surface area (Å²) in [7, 11) is 0. The zero-order valence-corrected chi connectivity index (χ0v) is 6.81. The Morgan fingerprint density at radius 1 is 1.21 bits per heavy atom. The third-order valence-electron chi connectivity index (χ3n) is 1.39. The van der Waals surface area contributed by atoms with Crippen LogP contribution in [0, 0.1) is 0 Å². The highest BCUT2D eigenvalue weighted by Gasteiger charge is 2.43. The van der Waals surface area contributed by atoms with Gasteiger partial charge in [0.25, 0.3) is 0 Å². The average molecular weight is 208 g/mol. The number of hydrogen-bond acceptors (Lipinski definition) is 1. The maximum atomic E-state index is 12.4. The van der Waals surface area contributed by atoms with E-state index in [9.17, 15) is 17.6 Å². The van der Waals surface area contributed by atoms with Crippen LogP contribution >= 0.6 is 0 Å². The van der Waals surface area contributed by atoms with Crippen molar-refractivity contribution in [1.29, 1.82) is 0 Å². The maximum Gasteiger partial charge on any atom is 0.461 e. The van der Waals surface area contributed by atoms with Gasteiger partial charge in [-0.25, -0.2) is 0 Å². The standard InChI is InChI=1S/C8H6F4NO/c9-7(10)8(11,12)14-6-4-2-1-3-5(6)13/h1-4,7,13H/q-1. The summed E-state index contributed by atoms with van der Waals surface area (Å²) in [6.07, 6.45) is -8.47. The first-order chi connectivity index (χ1) is 6.43. The number of alkyl halides is 4. The van der Waals surface area contributed by atoms with Gasteiger partial charge in [0.15, 0.2) is 0 Å². The Balaban J connectivity index is 2.84. The minimum absolute atomic E-state index is 0.368. The van der Waals surface area contributed by atoms with Gasteiger partial charge in [-0.3, -0.25) is 0 Å². The molecule has 0 aromatic heterocycles. The van der Waals surface area contributed by atoms with E-state index in [-0.39, 0.29) is 5.69 Å². The molecule has 0 aliphatic rings. The summed E-state index contributed by atoms with van der Waals surface area (Å²) in [6, 6.07) is 4.92. The Hall–Kier alpha value is -1.46. The fourth-order valence-corrected chi connectivity index (χ4v) is 0.747. The van der Waals surface area contributed by atoms with E-state index in [1.165, 1.54) is 12.1 Å². The van der Waals surface area contributed by atoms with Gasteiger partial charge in [-0.15, -0.1) is 0 Å². The molecule has 0 fully saturated rings. The molecule has 0 unspecified atom stereocenters. The number of halogens is 4. The molecule has 1 aromatic carbocycles. The van der Waals surface area contributed by atoms with Crippen LogP contribution in [0.15, 0.2) is 24.3 Å². The molecular formula is C8H6F4NO-. The van der Waals surface area contributed by atoms with E-state index in [2.05, 4.69) is 4.74 Å². The number of para-hydroxylation sites is 1. The van der Waals surface area contributed by atoms with Crippen molar-refractivity contribution < 1.29 is 22.3 Å². The number of nitrogens with one attached hydrogen (secondary N) is 1. The van der Waals surface area contributed by atoms with Gasteiger partial charge >= 0.3 is 12.5 Å². The molecule has 0 saturated heterocycles. The summed E-state index contributed by atoms with van der Waals surface area (Å²) in [6.45, 7) is 0.